The van der Waals surface area contributed by atoms with E-state index in [1.165, 1.54) is 5.69 Å². The van der Waals surface area contributed by atoms with Gasteiger partial charge in [0, 0.05) is 22.8 Å². The molecule has 0 aliphatic carbocycles. The van der Waals surface area contributed by atoms with Gasteiger partial charge in [0.25, 0.3) is 0 Å². The third-order valence-corrected chi connectivity index (χ3v) is 3.66. The predicted molar refractivity (Wildman–Crippen MR) is 68.0 cm³/mol. The minimum atomic E-state index is 0.672. The van der Waals surface area contributed by atoms with E-state index in [0.29, 0.717) is 5.56 Å². The fourth-order valence-corrected chi connectivity index (χ4v) is 2.60. The van der Waals surface area contributed by atoms with Gasteiger partial charge in [-0.1, -0.05) is 12.1 Å². The van der Waals surface area contributed by atoms with Crippen molar-refractivity contribution in [2.45, 2.75) is 6.92 Å². The molecule has 3 nitrogen and oxygen atoms in total. The highest BCUT2D eigenvalue weighted by atomic mass is 32.1. The van der Waals surface area contributed by atoms with Gasteiger partial charge in [0.2, 0.25) is 0 Å². The number of hydrogen-bond donors (Lipinski definition) is 0. The van der Waals surface area contributed by atoms with E-state index in [2.05, 4.69) is 27.8 Å². The van der Waals surface area contributed by atoms with Gasteiger partial charge in [0.1, 0.15) is 0 Å². The largest absolute Gasteiger partial charge is 0.294 e. The first kappa shape index (κ1) is 10.1. The van der Waals surface area contributed by atoms with E-state index in [1.54, 1.807) is 11.3 Å². The number of imidazole rings is 1. The van der Waals surface area contributed by atoms with Crippen molar-refractivity contribution < 1.29 is 0 Å². The second kappa shape index (κ2) is 3.72. The third-order valence-electron chi connectivity index (χ3n) is 2.70. The van der Waals surface area contributed by atoms with Gasteiger partial charge in [0.05, 0.1) is 17.3 Å². The van der Waals surface area contributed by atoms with Crippen molar-refractivity contribution in [3.8, 4) is 17.3 Å². The highest BCUT2D eigenvalue weighted by Crippen LogP contribution is 2.23. The molecule has 2 aromatic heterocycles. The summed E-state index contributed by atoms with van der Waals surface area (Å²) in [5.74, 6) is 0. The van der Waals surface area contributed by atoms with Gasteiger partial charge in [-0.3, -0.25) is 4.40 Å². The molecular formula is C13H9N3S. The summed E-state index contributed by atoms with van der Waals surface area (Å²) in [7, 11) is 0. The van der Waals surface area contributed by atoms with Gasteiger partial charge in [0.15, 0.2) is 4.96 Å². The molecule has 3 aromatic rings. The lowest BCUT2D eigenvalue weighted by Crippen LogP contribution is -1.79. The zero-order valence-electron chi connectivity index (χ0n) is 9.21. The molecule has 3 rings (SSSR count). The van der Waals surface area contributed by atoms with Crippen molar-refractivity contribution in [2.75, 3.05) is 0 Å². The number of fused-ring (bicyclic) bond motifs is 1. The van der Waals surface area contributed by atoms with E-state index >= 15 is 0 Å². The normalized spacial score (nSPS) is 10.6. The van der Waals surface area contributed by atoms with Crippen LogP contribution in [0.5, 0.6) is 0 Å². The summed E-state index contributed by atoms with van der Waals surface area (Å²) in [6.45, 7) is 2.06. The molecule has 82 valence electrons. The molecule has 0 atom stereocenters. The summed E-state index contributed by atoms with van der Waals surface area (Å²) in [4.78, 5) is 5.56. The fourth-order valence-electron chi connectivity index (χ4n) is 1.75. The van der Waals surface area contributed by atoms with Crippen molar-refractivity contribution in [2.24, 2.45) is 0 Å². The quantitative estimate of drug-likeness (QED) is 0.654. The van der Waals surface area contributed by atoms with Crippen LogP contribution in [0.15, 0.2) is 35.8 Å². The maximum absolute atomic E-state index is 8.75. The van der Waals surface area contributed by atoms with Gasteiger partial charge < -0.3 is 0 Å². The average Bonchev–Trinajstić information content (AvgIpc) is 2.92. The summed E-state index contributed by atoms with van der Waals surface area (Å²) >= 11 is 1.64. The molecule has 0 radical (unpaired) electrons. The Morgan fingerprint density at radius 3 is 2.71 bits per heavy atom. The van der Waals surface area contributed by atoms with E-state index in [4.69, 9.17) is 5.26 Å². The molecule has 0 aliphatic heterocycles. The Hall–Kier alpha value is -2.12. The summed E-state index contributed by atoms with van der Waals surface area (Å²) < 4.78 is 2.08. The van der Waals surface area contributed by atoms with Crippen LogP contribution in [0.25, 0.3) is 16.2 Å². The van der Waals surface area contributed by atoms with Crippen molar-refractivity contribution in [1.29, 1.82) is 5.26 Å². The number of rotatable bonds is 1. The lowest BCUT2D eigenvalue weighted by molar-refractivity contribution is 1.13. The first-order valence-corrected chi connectivity index (χ1v) is 6.09. The highest BCUT2D eigenvalue weighted by Gasteiger charge is 2.07. The fraction of sp³-hybridized carbons (Fsp3) is 0.0769. The van der Waals surface area contributed by atoms with Gasteiger partial charge >= 0.3 is 0 Å². The van der Waals surface area contributed by atoms with Gasteiger partial charge in [-0.05, 0) is 19.1 Å². The van der Waals surface area contributed by atoms with Crippen LogP contribution in [0.4, 0.5) is 0 Å². The van der Waals surface area contributed by atoms with Crippen LogP contribution in [-0.2, 0) is 0 Å². The topological polar surface area (TPSA) is 41.1 Å². The van der Waals surface area contributed by atoms with Crippen molar-refractivity contribution >= 4 is 16.3 Å². The smallest absolute Gasteiger partial charge is 0.194 e. The lowest BCUT2D eigenvalue weighted by atomic mass is 10.1. The van der Waals surface area contributed by atoms with Crippen LogP contribution in [0, 0.1) is 18.3 Å². The summed E-state index contributed by atoms with van der Waals surface area (Å²) in [5, 5.41) is 10.8. The molecule has 0 spiro atoms. The first-order chi connectivity index (χ1) is 8.28. The second-order valence-corrected chi connectivity index (χ2v) is 4.68. The van der Waals surface area contributed by atoms with Crippen LogP contribution in [0.3, 0.4) is 0 Å². The zero-order valence-corrected chi connectivity index (χ0v) is 10.0. The van der Waals surface area contributed by atoms with Crippen LogP contribution < -0.4 is 0 Å². The number of aryl methyl sites for hydroxylation is 1. The molecule has 0 amide bonds. The Balaban J connectivity index is 2.10. The molecule has 0 saturated heterocycles. The van der Waals surface area contributed by atoms with Crippen LogP contribution >= 0.6 is 11.3 Å². The van der Waals surface area contributed by atoms with Crippen LogP contribution in [-0.4, -0.2) is 9.38 Å². The highest BCUT2D eigenvalue weighted by molar-refractivity contribution is 7.15. The average molecular weight is 239 g/mol. The number of hydrogen-bond acceptors (Lipinski definition) is 3. The molecule has 0 fully saturated rings. The standard InChI is InChI=1S/C13H9N3S/c1-9-8-17-13-15-12(7-16(9)13)11-4-2-10(6-14)3-5-11/h2-5,7-8H,1H3. The minimum Gasteiger partial charge on any atom is -0.294 e. The molecule has 17 heavy (non-hydrogen) atoms. The van der Waals surface area contributed by atoms with Crippen LogP contribution in [0.1, 0.15) is 11.3 Å². The molecule has 0 aliphatic rings. The molecule has 0 N–H and O–H groups in total. The summed E-state index contributed by atoms with van der Waals surface area (Å²) in [6, 6.07) is 9.60. The number of benzene rings is 1. The Morgan fingerprint density at radius 1 is 1.29 bits per heavy atom. The first-order valence-electron chi connectivity index (χ1n) is 5.21. The lowest BCUT2D eigenvalue weighted by Gasteiger charge is -1.95. The van der Waals surface area contributed by atoms with Crippen molar-refractivity contribution in [3.05, 3.63) is 47.1 Å². The Kier molecular flexibility index (Phi) is 2.20. The molecule has 0 saturated carbocycles. The molecular weight excluding hydrogens is 230 g/mol. The van der Waals surface area contributed by atoms with E-state index in [1.807, 2.05) is 30.5 Å². The second-order valence-electron chi connectivity index (χ2n) is 3.84. The Labute approximate surface area is 103 Å². The van der Waals surface area contributed by atoms with E-state index in [0.717, 1.165) is 16.2 Å². The third kappa shape index (κ3) is 1.61. The Morgan fingerprint density at radius 2 is 2.06 bits per heavy atom. The molecule has 0 bridgehead atoms. The zero-order chi connectivity index (χ0) is 11.8. The maximum Gasteiger partial charge on any atom is 0.194 e. The monoisotopic (exact) mass is 239 g/mol. The van der Waals surface area contributed by atoms with E-state index < -0.39 is 0 Å². The van der Waals surface area contributed by atoms with Crippen LogP contribution in [0.2, 0.25) is 0 Å². The van der Waals surface area contributed by atoms with Crippen molar-refractivity contribution in [1.82, 2.24) is 9.38 Å². The maximum atomic E-state index is 8.75. The van der Waals surface area contributed by atoms with Gasteiger partial charge in [-0.25, -0.2) is 4.98 Å². The minimum absolute atomic E-state index is 0.672. The van der Waals surface area contributed by atoms with E-state index in [9.17, 15) is 0 Å². The predicted octanol–water partition coefficient (Wildman–Crippen LogP) is 3.24. The van der Waals surface area contributed by atoms with Gasteiger partial charge in [-0.2, -0.15) is 5.26 Å². The number of nitrogens with zero attached hydrogens (tertiary/aromatic N) is 3. The number of nitriles is 1. The molecule has 2 heterocycles. The summed E-state index contributed by atoms with van der Waals surface area (Å²) in [5.41, 5.74) is 3.85. The van der Waals surface area contributed by atoms with Crippen molar-refractivity contribution in [3.63, 3.8) is 0 Å². The molecule has 1 aromatic carbocycles. The molecule has 0 unspecified atom stereocenters. The van der Waals surface area contributed by atoms with E-state index in [-0.39, 0.29) is 0 Å². The summed E-state index contributed by atoms with van der Waals surface area (Å²) in [6.07, 6.45) is 2.03. The molecule has 4 heteroatoms. The van der Waals surface area contributed by atoms with Gasteiger partial charge in [-0.15, -0.1) is 11.3 Å². The number of aromatic nitrogens is 2. The Bertz CT molecular complexity index is 713. The number of thiazole rings is 1. The SMILES string of the molecule is Cc1csc2nc(-c3ccc(C#N)cc3)cn12.